The molecule has 4 heteroatoms. The monoisotopic (exact) mass is 244 g/mol. The van der Waals surface area contributed by atoms with E-state index in [0.717, 1.165) is 17.4 Å². The first-order valence-corrected chi connectivity index (χ1v) is 6.68. The molecule has 1 fully saturated rings. The van der Waals surface area contributed by atoms with Crippen LogP contribution in [-0.2, 0) is 0 Å². The van der Waals surface area contributed by atoms with Crippen molar-refractivity contribution in [2.75, 3.05) is 13.1 Å². The Bertz CT molecular complexity index is 326. The van der Waals surface area contributed by atoms with Gasteiger partial charge in [0, 0.05) is 18.6 Å². The Balaban J connectivity index is 2.10. The lowest BCUT2D eigenvalue weighted by Gasteiger charge is -2.29. The molecule has 2 rings (SSSR count). The molecule has 0 bridgehead atoms. The first kappa shape index (κ1) is 11.4. The lowest BCUT2D eigenvalue weighted by Crippen LogP contribution is -2.37. The van der Waals surface area contributed by atoms with Gasteiger partial charge in [-0.05, 0) is 43.3 Å². The predicted octanol–water partition coefficient (Wildman–Crippen LogP) is 2.89. The van der Waals surface area contributed by atoms with Crippen molar-refractivity contribution in [1.82, 2.24) is 4.90 Å². The van der Waals surface area contributed by atoms with Crippen LogP contribution in [-0.4, -0.2) is 24.0 Å². The molecule has 1 aliphatic heterocycles. The lowest BCUT2D eigenvalue weighted by molar-refractivity contribution is 0.197. The van der Waals surface area contributed by atoms with Crippen LogP contribution in [0.15, 0.2) is 11.4 Å². The van der Waals surface area contributed by atoms with E-state index < -0.39 is 0 Å². The van der Waals surface area contributed by atoms with Gasteiger partial charge in [-0.15, -0.1) is 11.3 Å². The molecule has 1 saturated heterocycles. The van der Waals surface area contributed by atoms with Crippen molar-refractivity contribution < 1.29 is 0 Å². The molecule has 84 valence electrons. The van der Waals surface area contributed by atoms with Gasteiger partial charge in [-0.3, -0.25) is 4.90 Å². The molecule has 0 radical (unpaired) electrons. The summed E-state index contributed by atoms with van der Waals surface area (Å²) in [5.41, 5.74) is 7.10. The molecule has 2 nitrogen and oxygen atoms in total. The van der Waals surface area contributed by atoms with E-state index in [1.807, 2.05) is 0 Å². The minimum absolute atomic E-state index is 0.449. The molecule has 2 atom stereocenters. The molecule has 1 aromatic heterocycles. The van der Waals surface area contributed by atoms with E-state index in [0.29, 0.717) is 12.1 Å². The Morgan fingerprint density at radius 2 is 2.53 bits per heavy atom. The summed E-state index contributed by atoms with van der Waals surface area (Å²) >= 11 is 7.56. The van der Waals surface area contributed by atoms with E-state index in [-0.39, 0.29) is 0 Å². The highest BCUT2D eigenvalue weighted by molar-refractivity contribution is 7.14. The van der Waals surface area contributed by atoms with Gasteiger partial charge in [0.05, 0.1) is 4.34 Å². The lowest BCUT2D eigenvalue weighted by atomic mass is 10.1. The smallest absolute Gasteiger partial charge is 0.0931 e. The number of likely N-dealkylation sites (tertiary alicyclic amines) is 1. The fourth-order valence-electron chi connectivity index (χ4n) is 2.35. The van der Waals surface area contributed by atoms with Crippen LogP contribution < -0.4 is 5.73 Å². The fraction of sp³-hybridized carbons (Fsp3) is 0.636. The topological polar surface area (TPSA) is 29.3 Å². The highest BCUT2D eigenvalue weighted by Gasteiger charge is 2.28. The van der Waals surface area contributed by atoms with Gasteiger partial charge in [-0.25, -0.2) is 0 Å². The van der Waals surface area contributed by atoms with Crippen molar-refractivity contribution in [2.45, 2.75) is 31.8 Å². The van der Waals surface area contributed by atoms with Crippen molar-refractivity contribution >= 4 is 22.9 Å². The third-order valence-electron chi connectivity index (χ3n) is 3.26. The van der Waals surface area contributed by atoms with Crippen LogP contribution in [0.4, 0.5) is 0 Å². The Morgan fingerprint density at radius 1 is 1.73 bits per heavy atom. The molecule has 15 heavy (non-hydrogen) atoms. The number of rotatable bonds is 3. The SMILES string of the molecule is CC(c1csc(Cl)c1)N1CCCC1CN. The zero-order valence-electron chi connectivity index (χ0n) is 8.95. The second kappa shape index (κ2) is 4.83. The maximum atomic E-state index is 5.96. The van der Waals surface area contributed by atoms with Crippen LogP contribution in [0.2, 0.25) is 4.34 Å². The van der Waals surface area contributed by atoms with Crippen LogP contribution >= 0.6 is 22.9 Å². The first-order chi connectivity index (χ1) is 7.22. The van der Waals surface area contributed by atoms with Gasteiger partial charge in [0.25, 0.3) is 0 Å². The molecule has 2 unspecified atom stereocenters. The average Bonchev–Trinajstić information content (AvgIpc) is 2.84. The summed E-state index contributed by atoms with van der Waals surface area (Å²) in [4.78, 5) is 2.50. The zero-order valence-corrected chi connectivity index (χ0v) is 10.5. The number of hydrogen-bond donors (Lipinski definition) is 1. The van der Waals surface area contributed by atoms with E-state index in [1.165, 1.54) is 18.4 Å². The summed E-state index contributed by atoms with van der Waals surface area (Å²) in [6.45, 7) is 4.17. The van der Waals surface area contributed by atoms with Gasteiger partial charge < -0.3 is 5.73 Å². The summed E-state index contributed by atoms with van der Waals surface area (Å²) in [7, 11) is 0. The van der Waals surface area contributed by atoms with Crippen molar-refractivity contribution in [3.63, 3.8) is 0 Å². The number of halogens is 1. The minimum atomic E-state index is 0.449. The van der Waals surface area contributed by atoms with E-state index in [4.69, 9.17) is 17.3 Å². The molecule has 0 spiro atoms. The van der Waals surface area contributed by atoms with Gasteiger partial charge in [-0.1, -0.05) is 11.6 Å². The van der Waals surface area contributed by atoms with Gasteiger partial charge in [0.1, 0.15) is 0 Å². The first-order valence-electron chi connectivity index (χ1n) is 5.42. The van der Waals surface area contributed by atoms with Crippen molar-refractivity contribution in [3.05, 3.63) is 21.3 Å². The number of hydrogen-bond acceptors (Lipinski definition) is 3. The maximum Gasteiger partial charge on any atom is 0.0931 e. The van der Waals surface area contributed by atoms with Gasteiger partial charge in [0.2, 0.25) is 0 Å². The Kier molecular flexibility index (Phi) is 3.67. The van der Waals surface area contributed by atoms with Crippen LogP contribution in [0.25, 0.3) is 0 Å². The molecule has 0 saturated carbocycles. The highest BCUT2D eigenvalue weighted by atomic mass is 35.5. The second-order valence-electron chi connectivity index (χ2n) is 4.13. The average molecular weight is 245 g/mol. The van der Waals surface area contributed by atoms with Crippen LogP contribution in [0.1, 0.15) is 31.4 Å². The highest BCUT2D eigenvalue weighted by Crippen LogP contribution is 2.32. The zero-order chi connectivity index (χ0) is 10.8. The van der Waals surface area contributed by atoms with Crippen molar-refractivity contribution in [1.29, 1.82) is 0 Å². The molecule has 0 aliphatic carbocycles. The van der Waals surface area contributed by atoms with Crippen LogP contribution in [0.3, 0.4) is 0 Å². The Morgan fingerprint density at radius 3 is 3.13 bits per heavy atom. The Labute approximate surface area is 100 Å². The molecule has 0 aromatic carbocycles. The molecule has 1 aliphatic rings. The summed E-state index contributed by atoms with van der Waals surface area (Å²) in [6, 6.07) is 3.08. The maximum absolute atomic E-state index is 5.96. The molecular formula is C11H17ClN2S. The molecule has 1 aromatic rings. The van der Waals surface area contributed by atoms with E-state index in [2.05, 4.69) is 23.3 Å². The summed E-state index contributed by atoms with van der Waals surface area (Å²) in [5, 5.41) is 2.15. The fourth-order valence-corrected chi connectivity index (χ4v) is 3.33. The third-order valence-corrected chi connectivity index (χ3v) is 4.37. The van der Waals surface area contributed by atoms with E-state index >= 15 is 0 Å². The van der Waals surface area contributed by atoms with Crippen LogP contribution in [0.5, 0.6) is 0 Å². The summed E-state index contributed by atoms with van der Waals surface area (Å²) in [6.07, 6.45) is 2.50. The Hall–Kier alpha value is -0.0900. The largest absolute Gasteiger partial charge is 0.329 e. The number of nitrogens with two attached hydrogens (primary N) is 1. The molecular weight excluding hydrogens is 228 g/mol. The predicted molar refractivity (Wildman–Crippen MR) is 66.5 cm³/mol. The minimum Gasteiger partial charge on any atom is -0.329 e. The molecule has 2 N–H and O–H groups in total. The number of nitrogens with zero attached hydrogens (tertiary/aromatic N) is 1. The van der Waals surface area contributed by atoms with E-state index in [9.17, 15) is 0 Å². The van der Waals surface area contributed by atoms with Crippen LogP contribution in [0, 0.1) is 0 Å². The van der Waals surface area contributed by atoms with Gasteiger partial charge in [0.15, 0.2) is 0 Å². The second-order valence-corrected chi connectivity index (χ2v) is 5.67. The quantitative estimate of drug-likeness (QED) is 0.886. The summed E-state index contributed by atoms with van der Waals surface area (Å²) < 4.78 is 0.875. The van der Waals surface area contributed by atoms with Crippen molar-refractivity contribution in [3.8, 4) is 0 Å². The van der Waals surface area contributed by atoms with Gasteiger partial charge in [-0.2, -0.15) is 0 Å². The van der Waals surface area contributed by atoms with Crippen molar-refractivity contribution in [2.24, 2.45) is 5.73 Å². The molecule has 2 heterocycles. The van der Waals surface area contributed by atoms with E-state index in [1.54, 1.807) is 11.3 Å². The summed E-state index contributed by atoms with van der Waals surface area (Å²) in [5.74, 6) is 0. The normalized spacial score (nSPS) is 24.6. The number of thiophene rings is 1. The third kappa shape index (κ3) is 2.36. The standard InChI is InChI=1S/C11H17ClN2S/c1-8(9-5-11(12)15-7-9)14-4-2-3-10(14)6-13/h5,7-8,10H,2-4,6,13H2,1H3. The van der Waals surface area contributed by atoms with Gasteiger partial charge >= 0.3 is 0 Å². The molecule has 0 amide bonds.